The van der Waals surface area contributed by atoms with Crippen molar-refractivity contribution in [1.82, 2.24) is 5.16 Å². The van der Waals surface area contributed by atoms with Crippen molar-refractivity contribution >= 4 is 0 Å². The van der Waals surface area contributed by atoms with Crippen LogP contribution in [0.2, 0.25) is 0 Å². The first-order valence-electron chi connectivity index (χ1n) is 6.48. The number of hydrogen-bond acceptors (Lipinski definition) is 2. The number of benzene rings is 2. The van der Waals surface area contributed by atoms with E-state index in [0.717, 1.165) is 29.7 Å². The number of rotatable bonds is 4. The summed E-state index contributed by atoms with van der Waals surface area (Å²) in [6.45, 7) is 0. The number of aromatic nitrogens is 1. The molecule has 1 aromatic heterocycles. The Morgan fingerprint density at radius 1 is 1.05 bits per heavy atom. The van der Waals surface area contributed by atoms with E-state index < -0.39 is 0 Å². The van der Waals surface area contributed by atoms with E-state index in [1.54, 1.807) is 12.1 Å². The van der Waals surface area contributed by atoms with E-state index in [0.29, 0.717) is 5.56 Å². The van der Waals surface area contributed by atoms with Crippen molar-refractivity contribution in [2.45, 2.75) is 12.8 Å². The molecule has 0 saturated carbocycles. The summed E-state index contributed by atoms with van der Waals surface area (Å²) >= 11 is 0. The Balaban J connectivity index is 1.77. The highest BCUT2D eigenvalue weighted by molar-refractivity contribution is 5.64. The molecule has 0 saturated heterocycles. The molecule has 0 amide bonds. The van der Waals surface area contributed by atoms with Crippen molar-refractivity contribution in [3.05, 3.63) is 77.9 Å². The molecular formula is C17H13FNO. The number of hydrogen-bond donors (Lipinski definition) is 0. The molecule has 0 spiro atoms. The first kappa shape index (κ1) is 12.6. The highest BCUT2D eigenvalue weighted by Gasteiger charge is 2.06. The van der Waals surface area contributed by atoms with Crippen LogP contribution in [0.1, 0.15) is 11.3 Å². The molecule has 0 fully saturated rings. The lowest BCUT2D eigenvalue weighted by Gasteiger charge is -2.06. The Morgan fingerprint density at radius 2 is 1.90 bits per heavy atom. The van der Waals surface area contributed by atoms with Gasteiger partial charge in [0, 0.05) is 11.6 Å². The molecule has 0 aliphatic heterocycles. The molecule has 2 nitrogen and oxygen atoms in total. The summed E-state index contributed by atoms with van der Waals surface area (Å²) in [5, 5.41) is 3.79. The van der Waals surface area contributed by atoms with Crippen molar-refractivity contribution < 1.29 is 8.91 Å². The molecule has 3 rings (SSSR count). The maximum Gasteiger partial charge on any atom is 0.205 e. The van der Waals surface area contributed by atoms with Gasteiger partial charge in [0.2, 0.25) is 6.26 Å². The topological polar surface area (TPSA) is 26.0 Å². The molecular weight excluding hydrogens is 253 g/mol. The molecule has 3 aromatic rings. The summed E-state index contributed by atoms with van der Waals surface area (Å²) in [6, 6.07) is 16.6. The van der Waals surface area contributed by atoms with Gasteiger partial charge in [-0.15, -0.1) is 0 Å². The second-order valence-corrected chi connectivity index (χ2v) is 4.62. The standard InChI is InChI=1S/C17H13FNO/c18-17-12-13(6-8-15-10-11-20-19-15)7-9-16(17)14-4-2-1-3-5-14/h1-5,7,9-10,12H,6,8H2. The predicted octanol–water partition coefficient (Wildman–Crippen LogP) is 4.07. The van der Waals surface area contributed by atoms with E-state index in [2.05, 4.69) is 15.9 Å². The van der Waals surface area contributed by atoms with Crippen molar-refractivity contribution in [3.8, 4) is 11.1 Å². The summed E-state index contributed by atoms with van der Waals surface area (Å²) in [5.74, 6) is -0.194. The Labute approximate surface area is 116 Å². The molecule has 2 aromatic carbocycles. The van der Waals surface area contributed by atoms with Gasteiger partial charge in [-0.1, -0.05) is 47.6 Å². The van der Waals surface area contributed by atoms with Gasteiger partial charge in [-0.25, -0.2) is 4.39 Å². The maximum absolute atomic E-state index is 14.2. The Hall–Kier alpha value is -2.42. The average molecular weight is 266 g/mol. The summed E-state index contributed by atoms with van der Waals surface area (Å²) in [6.07, 6.45) is 4.00. The van der Waals surface area contributed by atoms with Crippen LogP contribution in [-0.2, 0) is 12.8 Å². The van der Waals surface area contributed by atoms with Crippen molar-refractivity contribution in [1.29, 1.82) is 0 Å². The molecule has 0 aliphatic carbocycles. The van der Waals surface area contributed by atoms with E-state index >= 15 is 0 Å². The summed E-state index contributed by atoms with van der Waals surface area (Å²) in [4.78, 5) is 0. The van der Waals surface area contributed by atoms with Crippen molar-refractivity contribution in [2.75, 3.05) is 0 Å². The van der Waals surface area contributed by atoms with Gasteiger partial charge in [0.25, 0.3) is 0 Å². The third kappa shape index (κ3) is 2.77. The van der Waals surface area contributed by atoms with Gasteiger partial charge in [-0.2, -0.15) is 0 Å². The van der Waals surface area contributed by atoms with E-state index in [-0.39, 0.29) is 5.82 Å². The Kier molecular flexibility index (Phi) is 3.59. The number of aryl methyl sites for hydroxylation is 2. The van der Waals surface area contributed by atoms with Crippen LogP contribution >= 0.6 is 0 Å². The van der Waals surface area contributed by atoms with Crippen LogP contribution < -0.4 is 0 Å². The van der Waals surface area contributed by atoms with Gasteiger partial charge in [-0.3, -0.25) is 0 Å². The fraction of sp³-hybridized carbons (Fsp3) is 0.118. The zero-order chi connectivity index (χ0) is 13.8. The highest BCUT2D eigenvalue weighted by atomic mass is 19.1. The van der Waals surface area contributed by atoms with E-state index in [9.17, 15) is 4.39 Å². The fourth-order valence-corrected chi connectivity index (χ4v) is 2.16. The van der Waals surface area contributed by atoms with E-state index in [1.807, 2.05) is 42.5 Å². The van der Waals surface area contributed by atoms with Crippen molar-refractivity contribution in [2.24, 2.45) is 0 Å². The average Bonchev–Trinajstić information content (AvgIpc) is 2.99. The third-order valence-electron chi connectivity index (χ3n) is 3.23. The van der Waals surface area contributed by atoms with Crippen LogP contribution in [0.3, 0.4) is 0 Å². The zero-order valence-corrected chi connectivity index (χ0v) is 10.8. The van der Waals surface area contributed by atoms with Crippen LogP contribution in [-0.4, -0.2) is 5.16 Å². The van der Waals surface area contributed by atoms with Gasteiger partial charge in [0.1, 0.15) is 5.82 Å². The minimum Gasteiger partial charge on any atom is -0.353 e. The van der Waals surface area contributed by atoms with Crippen LogP contribution in [0.25, 0.3) is 11.1 Å². The first-order valence-corrected chi connectivity index (χ1v) is 6.48. The lowest BCUT2D eigenvalue weighted by Crippen LogP contribution is -1.93. The molecule has 1 radical (unpaired) electrons. The second kappa shape index (κ2) is 5.70. The lowest BCUT2D eigenvalue weighted by atomic mass is 10.0. The summed E-state index contributed by atoms with van der Waals surface area (Å²) in [5.41, 5.74) is 3.30. The van der Waals surface area contributed by atoms with Crippen LogP contribution in [0, 0.1) is 12.1 Å². The zero-order valence-electron chi connectivity index (χ0n) is 10.8. The predicted molar refractivity (Wildman–Crippen MR) is 74.6 cm³/mol. The number of nitrogens with zero attached hydrogens (tertiary/aromatic N) is 1. The quantitative estimate of drug-likeness (QED) is 0.711. The second-order valence-electron chi connectivity index (χ2n) is 4.62. The molecule has 0 atom stereocenters. The fourth-order valence-electron chi connectivity index (χ4n) is 2.16. The van der Waals surface area contributed by atoms with Crippen LogP contribution in [0.15, 0.2) is 59.1 Å². The SMILES string of the molecule is Fc1cc(CCc2c[c]on2)ccc1-c1ccccc1. The molecule has 0 unspecified atom stereocenters. The largest absolute Gasteiger partial charge is 0.353 e. The van der Waals surface area contributed by atoms with Gasteiger partial charge in [-0.05, 0) is 30.0 Å². The van der Waals surface area contributed by atoms with Gasteiger partial charge >= 0.3 is 0 Å². The van der Waals surface area contributed by atoms with E-state index in [1.165, 1.54) is 0 Å². The minimum atomic E-state index is -0.194. The molecule has 99 valence electrons. The van der Waals surface area contributed by atoms with Crippen molar-refractivity contribution in [3.63, 3.8) is 0 Å². The van der Waals surface area contributed by atoms with Gasteiger partial charge in [0.05, 0.1) is 5.69 Å². The van der Waals surface area contributed by atoms with E-state index in [4.69, 9.17) is 0 Å². The summed E-state index contributed by atoms with van der Waals surface area (Å²) in [7, 11) is 0. The molecule has 0 aliphatic rings. The first-order chi connectivity index (χ1) is 9.83. The summed E-state index contributed by atoms with van der Waals surface area (Å²) < 4.78 is 18.8. The van der Waals surface area contributed by atoms with Gasteiger partial charge in [0.15, 0.2) is 0 Å². The maximum atomic E-state index is 14.2. The molecule has 0 N–H and O–H groups in total. The highest BCUT2D eigenvalue weighted by Crippen LogP contribution is 2.23. The lowest BCUT2D eigenvalue weighted by molar-refractivity contribution is 0.405. The normalized spacial score (nSPS) is 10.7. The molecule has 20 heavy (non-hydrogen) atoms. The van der Waals surface area contributed by atoms with Crippen LogP contribution in [0.5, 0.6) is 0 Å². The van der Waals surface area contributed by atoms with Crippen LogP contribution in [0.4, 0.5) is 4.39 Å². The molecule has 1 heterocycles. The monoisotopic (exact) mass is 266 g/mol. The Bertz CT molecular complexity index is 677. The smallest absolute Gasteiger partial charge is 0.205 e. The minimum absolute atomic E-state index is 0.194. The number of halogens is 1. The molecule has 0 bridgehead atoms. The molecule has 3 heteroatoms. The Morgan fingerprint density at radius 3 is 2.60 bits per heavy atom. The third-order valence-corrected chi connectivity index (χ3v) is 3.23. The van der Waals surface area contributed by atoms with Gasteiger partial charge < -0.3 is 4.52 Å².